The molecule has 0 radical (unpaired) electrons. The molecule has 0 bridgehead atoms. The van der Waals surface area contributed by atoms with Crippen molar-refractivity contribution < 1.29 is 9.90 Å². The first-order chi connectivity index (χ1) is 9.99. The predicted molar refractivity (Wildman–Crippen MR) is 84.1 cm³/mol. The number of nitrogens with zero attached hydrogens (tertiary/aromatic N) is 1. The zero-order valence-corrected chi connectivity index (χ0v) is 13.3. The van der Waals surface area contributed by atoms with E-state index in [-0.39, 0.29) is 18.1 Å². The van der Waals surface area contributed by atoms with E-state index in [9.17, 15) is 9.90 Å². The molecule has 1 aliphatic heterocycles. The van der Waals surface area contributed by atoms with E-state index in [0.717, 1.165) is 18.5 Å². The van der Waals surface area contributed by atoms with Crippen LogP contribution in [0.5, 0.6) is 0 Å². The quantitative estimate of drug-likeness (QED) is 0.895. The molecule has 0 spiro atoms. The van der Waals surface area contributed by atoms with Crippen LogP contribution in [0, 0.1) is 5.92 Å². The molecule has 1 aromatic rings. The lowest BCUT2D eigenvalue weighted by Gasteiger charge is -2.37. The summed E-state index contributed by atoms with van der Waals surface area (Å²) in [6.45, 7) is 5.76. The van der Waals surface area contributed by atoms with Crippen LogP contribution >= 0.6 is 11.6 Å². The highest BCUT2D eigenvalue weighted by Gasteiger charge is 2.29. The van der Waals surface area contributed by atoms with Crippen molar-refractivity contribution in [3.05, 3.63) is 34.9 Å². The third-order valence-electron chi connectivity index (χ3n) is 4.29. The number of carbonyl (C=O) groups excluding carboxylic acids is 1. The van der Waals surface area contributed by atoms with Crippen molar-refractivity contribution in [1.29, 1.82) is 0 Å². The summed E-state index contributed by atoms with van der Waals surface area (Å²) in [6, 6.07) is 7.25. The summed E-state index contributed by atoms with van der Waals surface area (Å²) in [5.74, 6) is 0.274. The summed E-state index contributed by atoms with van der Waals surface area (Å²) < 4.78 is 0. The van der Waals surface area contributed by atoms with Gasteiger partial charge in [0.2, 0.25) is 5.91 Å². The largest absolute Gasteiger partial charge is 0.392 e. The number of likely N-dealkylation sites (tertiary alicyclic amines) is 1. The first kappa shape index (κ1) is 16.3. The lowest BCUT2D eigenvalue weighted by Crippen LogP contribution is -2.52. The highest BCUT2D eigenvalue weighted by atomic mass is 35.5. The standard InChI is InChI=1S/C16H23ClN2O2/c1-11-7-8-19(10-15(11)20)12(2)16(21)18-9-13-5-3-4-6-14(13)17/h3-6,11-12,15,20H,7-10H2,1-2H3,(H,18,21). The molecule has 0 aliphatic carbocycles. The molecule has 116 valence electrons. The maximum Gasteiger partial charge on any atom is 0.237 e. The van der Waals surface area contributed by atoms with Crippen LogP contribution in [0.3, 0.4) is 0 Å². The Hall–Kier alpha value is -1.10. The van der Waals surface area contributed by atoms with E-state index < -0.39 is 0 Å². The van der Waals surface area contributed by atoms with Crippen LogP contribution in [0.1, 0.15) is 25.8 Å². The van der Waals surface area contributed by atoms with E-state index in [1.807, 2.05) is 43.0 Å². The van der Waals surface area contributed by atoms with E-state index in [1.165, 1.54) is 0 Å². The van der Waals surface area contributed by atoms with Gasteiger partial charge >= 0.3 is 0 Å². The molecule has 1 aliphatic rings. The van der Waals surface area contributed by atoms with Crippen molar-refractivity contribution in [2.45, 2.75) is 39.0 Å². The van der Waals surface area contributed by atoms with Crippen LogP contribution in [0.15, 0.2) is 24.3 Å². The number of hydrogen-bond acceptors (Lipinski definition) is 3. The second kappa shape index (κ2) is 7.25. The van der Waals surface area contributed by atoms with Gasteiger partial charge in [0.15, 0.2) is 0 Å². The number of β-amino-alcohol motifs (C(OH)–C–C–N with tert-alkyl or cyclic N) is 1. The van der Waals surface area contributed by atoms with Crippen molar-refractivity contribution in [2.75, 3.05) is 13.1 Å². The van der Waals surface area contributed by atoms with E-state index in [1.54, 1.807) is 0 Å². The van der Waals surface area contributed by atoms with Gasteiger partial charge in [-0.15, -0.1) is 0 Å². The fourth-order valence-electron chi connectivity index (χ4n) is 2.56. The lowest BCUT2D eigenvalue weighted by molar-refractivity contribution is -0.127. The van der Waals surface area contributed by atoms with Crippen LogP contribution in [0.4, 0.5) is 0 Å². The van der Waals surface area contributed by atoms with Crippen molar-refractivity contribution in [3.8, 4) is 0 Å². The van der Waals surface area contributed by atoms with Gasteiger partial charge in [0.25, 0.3) is 0 Å². The molecule has 5 heteroatoms. The highest BCUT2D eigenvalue weighted by Crippen LogP contribution is 2.19. The molecule has 2 rings (SSSR count). The van der Waals surface area contributed by atoms with Crippen molar-refractivity contribution in [1.82, 2.24) is 10.2 Å². The minimum absolute atomic E-state index is 0.0309. The van der Waals surface area contributed by atoms with Gasteiger partial charge < -0.3 is 10.4 Å². The summed E-state index contributed by atoms with van der Waals surface area (Å²) in [6.07, 6.45) is 0.570. The number of aliphatic hydroxyl groups excluding tert-OH is 1. The number of amides is 1. The minimum atomic E-state index is -0.349. The van der Waals surface area contributed by atoms with Crippen LogP contribution in [0.25, 0.3) is 0 Å². The van der Waals surface area contributed by atoms with Crippen molar-refractivity contribution in [2.24, 2.45) is 5.92 Å². The Morgan fingerprint density at radius 1 is 1.52 bits per heavy atom. The van der Waals surface area contributed by atoms with E-state index >= 15 is 0 Å². The summed E-state index contributed by atoms with van der Waals surface area (Å²) >= 11 is 6.08. The van der Waals surface area contributed by atoms with E-state index in [4.69, 9.17) is 11.6 Å². The van der Waals surface area contributed by atoms with Crippen LogP contribution in [-0.4, -0.2) is 41.1 Å². The Morgan fingerprint density at radius 2 is 2.24 bits per heavy atom. The molecular weight excluding hydrogens is 288 g/mol. The van der Waals surface area contributed by atoms with Gasteiger partial charge in [-0.3, -0.25) is 9.69 Å². The van der Waals surface area contributed by atoms with Gasteiger partial charge in [0.1, 0.15) is 0 Å². The fourth-order valence-corrected chi connectivity index (χ4v) is 2.77. The molecule has 0 aromatic heterocycles. The molecule has 4 nitrogen and oxygen atoms in total. The molecule has 1 heterocycles. The van der Waals surface area contributed by atoms with Crippen LogP contribution < -0.4 is 5.32 Å². The fraction of sp³-hybridized carbons (Fsp3) is 0.562. The Bertz CT molecular complexity index is 495. The van der Waals surface area contributed by atoms with Gasteiger partial charge in [-0.2, -0.15) is 0 Å². The first-order valence-corrected chi connectivity index (χ1v) is 7.80. The third-order valence-corrected chi connectivity index (χ3v) is 4.66. The molecule has 2 N–H and O–H groups in total. The molecule has 0 saturated carbocycles. The average molecular weight is 311 g/mol. The number of nitrogens with one attached hydrogen (secondary N) is 1. The molecule has 1 fully saturated rings. The topological polar surface area (TPSA) is 52.6 Å². The monoisotopic (exact) mass is 310 g/mol. The predicted octanol–water partition coefficient (Wildman–Crippen LogP) is 2.05. The second-order valence-electron chi connectivity index (χ2n) is 5.81. The molecule has 1 aromatic carbocycles. The summed E-state index contributed by atoms with van der Waals surface area (Å²) in [5.41, 5.74) is 0.909. The van der Waals surface area contributed by atoms with E-state index in [2.05, 4.69) is 5.32 Å². The number of halogens is 1. The lowest BCUT2D eigenvalue weighted by atomic mass is 9.95. The number of carbonyl (C=O) groups is 1. The minimum Gasteiger partial charge on any atom is -0.392 e. The third kappa shape index (κ3) is 4.19. The van der Waals surface area contributed by atoms with Crippen LogP contribution in [-0.2, 0) is 11.3 Å². The van der Waals surface area contributed by atoms with E-state index in [0.29, 0.717) is 24.0 Å². The summed E-state index contributed by atoms with van der Waals surface area (Å²) in [4.78, 5) is 14.3. The highest BCUT2D eigenvalue weighted by molar-refractivity contribution is 6.31. The molecule has 1 amide bonds. The van der Waals surface area contributed by atoms with Gasteiger partial charge in [-0.25, -0.2) is 0 Å². The Kier molecular flexibility index (Phi) is 5.62. The normalized spacial score (nSPS) is 24.6. The molecule has 3 unspecified atom stereocenters. The Labute approximate surface area is 131 Å². The zero-order valence-electron chi connectivity index (χ0n) is 12.6. The van der Waals surface area contributed by atoms with Crippen LogP contribution in [0.2, 0.25) is 5.02 Å². The van der Waals surface area contributed by atoms with Gasteiger partial charge in [-0.05, 0) is 37.4 Å². The second-order valence-corrected chi connectivity index (χ2v) is 6.22. The number of benzene rings is 1. The SMILES string of the molecule is CC1CCN(C(C)C(=O)NCc2ccccc2Cl)CC1O. The number of aliphatic hydroxyl groups is 1. The zero-order chi connectivity index (χ0) is 15.4. The smallest absolute Gasteiger partial charge is 0.237 e. The molecule has 3 atom stereocenters. The summed E-state index contributed by atoms with van der Waals surface area (Å²) in [5, 5.41) is 13.5. The van der Waals surface area contributed by atoms with Gasteiger partial charge in [0.05, 0.1) is 12.1 Å². The maximum atomic E-state index is 12.2. The molecule has 1 saturated heterocycles. The number of rotatable bonds is 4. The van der Waals surface area contributed by atoms with Crippen molar-refractivity contribution >= 4 is 17.5 Å². The first-order valence-electron chi connectivity index (χ1n) is 7.42. The van der Waals surface area contributed by atoms with Gasteiger partial charge in [-0.1, -0.05) is 36.7 Å². The Balaban J connectivity index is 1.87. The van der Waals surface area contributed by atoms with Gasteiger partial charge in [0, 0.05) is 18.1 Å². The van der Waals surface area contributed by atoms with Crippen molar-refractivity contribution in [3.63, 3.8) is 0 Å². The summed E-state index contributed by atoms with van der Waals surface area (Å²) in [7, 11) is 0. The number of piperidine rings is 1. The molecule has 21 heavy (non-hydrogen) atoms. The number of hydrogen-bond donors (Lipinski definition) is 2. The maximum absolute atomic E-state index is 12.2. The molecular formula is C16H23ClN2O2. The Morgan fingerprint density at radius 3 is 2.90 bits per heavy atom. The average Bonchev–Trinajstić information content (AvgIpc) is 2.48.